The fourth-order valence-electron chi connectivity index (χ4n) is 9.24. The molecule has 59 heavy (non-hydrogen) atoms. The normalized spacial score (nSPS) is 11.8. The highest BCUT2D eigenvalue weighted by molar-refractivity contribution is 7.25. The van der Waals surface area contributed by atoms with E-state index in [1.54, 1.807) is 0 Å². The van der Waals surface area contributed by atoms with Crippen molar-refractivity contribution >= 4 is 81.2 Å². The van der Waals surface area contributed by atoms with Gasteiger partial charge in [0.25, 0.3) is 0 Å². The second kappa shape index (κ2) is 13.3. The molecule has 0 saturated carbocycles. The Morgan fingerprint density at radius 2 is 0.847 bits per heavy atom. The van der Waals surface area contributed by atoms with Crippen LogP contribution in [0.15, 0.2) is 207 Å². The van der Waals surface area contributed by atoms with Crippen molar-refractivity contribution in [3.05, 3.63) is 212 Å². The van der Waals surface area contributed by atoms with Crippen LogP contribution in [0.4, 0.5) is 0 Å². The van der Waals surface area contributed by atoms with E-state index in [0.717, 1.165) is 11.3 Å². The smallest absolute Gasteiger partial charge is 0.0541 e. The molecule has 0 fully saturated rings. The highest BCUT2D eigenvalue weighted by atomic mass is 32.1. The zero-order valence-electron chi connectivity index (χ0n) is 32.1. The third-order valence-corrected chi connectivity index (χ3v) is 13.2. The van der Waals surface area contributed by atoms with Gasteiger partial charge in [0, 0.05) is 53.1 Å². The van der Waals surface area contributed by atoms with Gasteiger partial charge in [0.05, 0.1) is 22.1 Å². The largest absolute Gasteiger partial charge is 0.309 e. The number of hydrogen-bond donors (Lipinski definition) is 0. The second-order valence-corrected chi connectivity index (χ2v) is 16.5. The first-order chi connectivity index (χ1) is 29.2. The first kappa shape index (κ1) is 33.7. The molecule has 0 aliphatic rings. The van der Waals surface area contributed by atoms with Crippen LogP contribution in [0.1, 0.15) is 5.56 Å². The summed E-state index contributed by atoms with van der Waals surface area (Å²) in [6, 6.07) is 73.5. The summed E-state index contributed by atoms with van der Waals surface area (Å²) in [6.07, 6.45) is 1.94. The van der Waals surface area contributed by atoms with E-state index in [1.807, 2.05) is 17.4 Å². The van der Waals surface area contributed by atoms with Crippen molar-refractivity contribution in [2.45, 2.75) is 0 Å². The van der Waals surface area contributed by atoms with Crippen LogP contribution in [0.2, 0.25) is 0 Å². The van der Waals surface area contributed by atoms with E-state index in [1.165, 1.54) is 103 Å². The Morgan fingerprint density at radius 3 is 1.53 bits per heavy atom. The molecule has 0 radical (unpaired) electrons. The van der Waals surface area contributed by atoms with E-state index in [2.05, 4.69) is 216 Å². The van der Waals surface area contributed by atoms with Gasteiger partial charge < -0.3 is 9.13 Å². The van der Waals surface area contributed by atoms with Gasteiger partial charge in [-0.05, 0) is 124 Å². The van der Waals surface area contributed by atoms with Crippen LogP contribution in [0.3, 0.4) is 0 Å². The van der Waals surface area contributed by atoms with Gasteiger partial charge in [0.1, 0.15) is 0 Å². The highest BCUT2D eigenvalue weighted by Gasteiger charge is 2.18. The molecule has 0 bridgehead atoms. The molecule has 0 aliphatic carbocycles. The van der Waals surface area contributed by atoms with E-state index in [9.17, 15) is 0 Å². The van der Waals surface area contributed by atoms with E-state index >= 15 is 0 Å². The Bertz CT molecular complexity index is 3560. The zero-order valence-corrected chi connectivity index (χ0v) is 33.0. The SMILES string of the molecule is C=Cc1ccc2c(c1)c1cc(-c3ccc4c(c3)c3ccccc3n4-c3ccc4sc5ccccc5c4c3)ccc1n2-c1cc(-c2ccccc2)cc(-c2ccccc2)c1. The van der Waals surface area contributed by atoms with E-state index in [-0.39, 0.29) is 0 Å². The van der Waals surface area contributed by atoms with Crippen molar-refractivity contribution in [3.63, 3.8) is 0 Å². The van der Waals surface area contributed by atoms with E-state index < -0.39 is 0 Å². The first-order valence-corrected chi connectivity index (χ1v) is 20.9. The number of thiophene rings is 1. The summed E-state index contributed by atoms with van der Waals surface area (Å²) in [6.45, 7) is 4.13. The van der Waals surface area contributed by atoms with Gasteiger partial charge in [-0.1, -0.05) is 128 Å². The molecule has 276 valence electrons. The summed E-state index contributed by atoms with van der Waals surface area (Å²) in [5, 5.41) is 7.54. The number of nitrogens with zero attached hydrogens (tertiary/aromatic N) is 2. The molecule has 3 aromatic heterocycles. The topological polar surface area (TPSA) is 9.86 Å². The van der Waals surface area contributed by atoms with Gasteiger partial charge in [-0.25, -0.2) is 0 Å². The molecule has 0 aliphatic heterocycles. The molecule has 2 nitrogen and oxygen atoms in total. The number of benzene rings is 9. The highest BCUT2D eigenvalue weighted by Crippen LogP contribution is 2.41. The number of hydrogen-bond acceptors (Lipinski definition) is 1. The molecular weight excluding hydrogens is 733 g/mol. The third-order valence-electron chi connectivity index (χ3n) is 12.0. The molecule has 12 rings (SSSR count). The predicted octanol–water partition coefficient (Wildman–Crippen LogP) is 15.9. The maximum Gasteiger partial charge on any atom is 0.0541 e. The van der Waals surface area contributed by atoms with Crippen molar-refractivity contribution in [3.8, 4) is 44.8 Å². The maximum atomic E-state index is 4.13. The molecular formula is C56H36N2S. The monoisotopic (exact) mass is 768 g/mol. The number of fused-ring (bicyclic) bond motifs is 9. The summed E-state index contributed by atoms with van der Waals surface area (Å²) < 4.78 is 7.51. The summed E-state index contributed by atoms with van der Waals surface area (Å²) in [7, 11) is 0. The van der Waals surface area contributed by atoms with Crippen LogP contribution in [-0.4, -0.2) is 9.13 Å². The Kier molecular flexibility index (Phi) is 7.59. The van der Waals surface area contributed by atoms with Crippen molar-refractivity contribution in [1.82, 2.24) is 9.13 Å². The molecule has 3 heterocycles. The lowest BCUT2D eigenvalue weighted by Gasteiger charge is -2.14. The molecule has 0 saturated heterocycles. The lowest BCUT2D eigenvalue weighted by Crippen LogP contribution is -1.96. The zero-order chi connectivity index (χ0) is 39.0. The Morgan fingerprint density at radius 1 is 0.322 bits per heavy atom. The van der Waals surface area contributed by atoms with Crippen molar-refractivity contribution in [2.75, 3.05) is 0 Å². The molecule has 3 heteroatoms. The van der Waals surface area contributed by atoms with Crippen LogP contribution < -0.4 is 0 Å². The Balaban J connectivity index is 1.04. The minimum Gasteiger partial charge on any atom is -0.309 e. The molecule has 0 atom stereocenters. The van der Waals surface area contributed by atoms with Crippen LogP contribution in [-0.2, 0) is 0 Å². The Labute approximate surface area is 345 Å². The summed E-state index contributed by atoms with van der Waals surface area (Å²) in [5.41, 5.74) is 15.3. The molecule has 0 amide bonds. The van der Waals surface area contributed by atoms with Crippen molar-refractivity contribution in [2.24, 2.45) is 0 Å². The quantitative estimate of drug-likeness (QED) is 0.159. The first-order valence-electron chi connectivity index (χ1n) is 20.1. The fraction of sp³-hybridized carbons (Fsp3) is 0. The van der Waals surface area contributed by atoms with Crippen LogP contribution in [0, 0.1) is 0 Å². The van der Waals surface area contributed by atoms with Gasteiger partial charge in [0.15, 0.2) is 0 Å². The van der Waals surface area contributed by atoms with Crippen molar-refractivity contribution < 1.29 is 0 Å². The predicted molar refractivity (Wildman–Crippen MR) is 254 cm³/mol. The minimum atomic E-state index is 1.10. The lowest BCUT2D eigenvalue weighted by molar-refractivity contribution is 1.18. The van der Waals surface area contributed by atoms with E-state index in [0.29, 0.717) is 0 Å². The number of para-hydroxylation sites is 1. The average molecular weight is 769 g/mol. The summed E-state index contributed by atoms with van der Waals surface area (Å²) >= 11 is 1.86. The van der Waals surface area contributed by atoms with Crippen LogP contribution >= 0.6 is 11.3 Å². The van der Waals surface area contributed by atoms with Gasteiger partial charge in [-0.15, -0.1) is 11.3 Å². The van der Waals surface area contributed by atoms with Gasteiger partial charge in [0.2, 0.25) is 0 Å². The number of aromatic nitrogens is 2. The Hall–Kier alpha value is -7.46. The van der Waals surface area contributed by atoms with Gasteiger partial charge >= 0.3 is 0 Å². The van der Waals surface area contributed by atoms with E-state index in [4.69, 9.17) is 0 Å². The molecule has 9 aromatic carbocycles. The average Bonchev–Trinajstić information content (AvgIpc) is 3.96. The van der Waals surface area contributed by atoms with Crippen LogP contribution in [0.25, 0.3) is 115 Å². The third kappa shape index (κ3) is 5.40. The standard InChI is InChI=1S/C56H36N2S/c1-2-36-21-25-52-47(29-36)49-34-40(23-27-54(49)58(52)44-31-41(37-13-5-3-6-14-37)30-42(32-44)38-15-7-4-8-16-38)39-22-26-53-48(33-39)45-17-9-11-19-51(45)57(53)43-24-28-56-50(35-43)46-18-10-12-20-55(46)59-56/h2-35H,1H2. The van der Waals surface area contributed by atoms with Crippen LogP contribution in [0.5, 0.6) is 0 Å². The van der Waals surface area contributed by atoms with Gasteiger partial charge in [-0.3, -0.25) is 0 Å². The maximum absolute atomic E-state index is 4.13. The molecule has 0 N–H and O–H groups in total. The summed E-state index contributed by atoms with van der Waals surface area (Å²) in [4.78, 5) is 0. The van der Waals surface area contributed by atoms with Gasteiger partial charge in [-0.2, -0.15) is 0 Å². The molecule has 12 aromatic rings. The lowest BCUT2D eigenvalue weighted by atomic mass is 9.98. The van der Waals surface area contributed by atoms with Crippen molar-refractivity contribution in [1.29, 1.82) is 0 Å². The summed E-state index contributed by atoms with van der Waals surface area (Å²) in [5.74, 6) is 0. The number of rotatable bonds is 6. The molecule has 0 spiro atoms. The minimum absolute atomic E-state index is 1.10. The molecule has 0 unspecified atom stereocenters. The fourth-order valence-corrected chi connectivity index (χ4v) is 10.3. The second-order valence-electron chi connectivity index (χ2n) is 15.4.